The molecule has 0 aliphatic rings. The van der Waals surface area contributed by atoms with Gasteiger partial charge in [-0.2, -0.15) is 18.4 Å². The molecule has 0 bridgehead atoms. The van der Waals surface area contributed by atoms with E-state index in [-0.39, 0.29) is 18.1 Å². The first-order valence-electron chi connectivity index (χ1n) is 6.02. The van der Waals surface area contributed by atoms with E-state index in [1.54, 1.807) is 30.5 Å². The third-order valence-corrected chi connectivity index (χ3v) is 2.59. The Bertz CT molecular complexity index is 651. The highest BCUT2D eigenvalue weighted by Crippen LogP contribution is 2.30. The van der Waals surface area contributed by atoms with Crippen LogP contribution in [0.4, 0.5) is 13.2 Å². The lowest BCUT2D eigenvalue weighted by Crippen LogP contribution is -2.11. The minimum Gasteiger partial charge on any atom is -0.476 e. The number of ether oxygens (including phenoxy) is 1. The van der Waals surface area contributed by atoms with Gasteiger partial charge in [0, 0.05) is 18.3 Å². The number of rotatable bonds is 4. The average Bonchev–Trinajstić information content (AvgIpc) is 2.47. The van der Waals surface area contributed by atoms with Gasteiger partial charge < -0.3 is 4.74 Å². The van der Waals surface area contributed by atoms with Gasteiger partial charge in [-0.05, 0) is 24.3 Å². The summed E-state index contributed by atoms with van der Waals surface area (Å²) in [6.07, 6.45) is -2.56. The summed E-state index contributed by atoms with van der Waals surface area (Å²) >= 11 is 0. The lowest BCUT2D eigenvalue weighted by Gasteiger charge is -2.10. The normalized spacial score (nSPS) is 11.0. The van der Waals surface area contributed by atoms with Gasteiger partial charge in [0.05, 0.1) is 6.61 Å². The maximum Gasteiger partial charge on any atom is 0.433 e. The zero-order chi connectivity index (χ0) is 15.3. The van der Waals surface area contributed by atoms with Crippen LogP contribution in [0.2, 0.25) is 0 Å². The Kier molecular flexibility index (Phi) is 4.38. The standard InChI is InChI=1S/C14H10F3N3O/c15-14(16,17)12-5-4-10(9-18)13(20-12)21-8-6-11-3-1-2-7-19-11/h1-5,7H,6,8H2. The van der Waals surface area contributed by atoms with Crippen molar-refractivity contribution < 1.29 is 17.9 Å². The molecule has 21 heavy (non-hydrogen) atoms. The van der Waals surface area contributed by atoms with Crippen molar-refractivity contribution in [3.63, 3.8) is 0 Å². The summed E-state index contributed by atoms with van der Waals surface area (Å²) < 4.78 is 42.9. The minimum atomic E-state index is -4.58. The molecule has 0 aliphatic carbocycles. The average molecular weight is 293 g/mol. The summed E-state index contributed by atoms with van der Waals surface area (Å²) in [6.45, 7) is 0.0833. The molecule has 0 aromatic carbocycles. The van der Waals surface area contributed by atoms with E-state index in [2.05, 4.69) is 9.97 Å². The van der Waals surface area contributed by atoms with Gasteiger partial charge in [-0.3, -0.25) is 4.98 Å². The van der Waals surface area contributed by atoms with E-state index in [0.717, 1.165) is 17.8 Å². The van der Waals surface area contributed by atoms with Crippen LogP contribution in [-0.4, -0.2) is 16.6 Å². The summed E-state index contributed by atoms with van der Waals surface area (Å²) in [5.41, 5.74) is -0.388. The van der Waals surface area contributed by atoms with Crippen molar-refractivity contribution in [3.8, 4) is 11.9 Å². The van der Waals surface area contributed by atoms with Crippen LogP contribution in [0.3, 0.4) is 0 Å². The van der Waals surface area contributed by atoms with Gasteiger partial charge in [-0.1, -0.05) is 6.07 Å². The number of alkyl halides is 3. The highest BCUT2D eigenvalue weighted by molar-refractivity contribution is 5.39. The molecular formula is C14H10F3N3O. The third kappa shape index (κ3) is 3.92. The maximum atomic E-state index is 12.6. The summed E-state index contributed by atoms with van der Waals surface area (Å²) in [7, 11) is 0. The largest absolute Gasteiger partial charge is 0.476 e. The van der Waals surface area contributed by atoms with Crippen molar-refractivity contribution in [2.75, 3.05) is 6.61 Å². The predicted octanol–water partition coefficient (Wildman–Crippen LogP) is 2.99. The lowest BCUT2D eigenvalue weighted by molar-refractivity contribution is -0.141. The van der Waals surface area contributed by atoms with Gasteiger partial charge in [0.15, 0.2) is 0 Å². The van der Waals surface area contributed by atoms with Crippen LogP contribution in [0.15, 0.2) is 36.5 Å². The second-order valence-electron chi connectivity index (χ2n) is 4.08. The quantitative estimate of drug-likeness (QED) is 0.869. The predicted molar refractivity (Wildman–Crippen MR) is 67.4 cm³/mol. The summed E-state index contributed by atoms with van der Waals surface area (Å²) in [5, 5.41) is 8.86. The molecule has 0 radical (unpaired) electrons. The molecule has 2 aromatic rings. The van der Waals surface area contributed by atoms with Gasteiger partial charge in [0.2, 0.25) is 5.88 Å². The van der Waals surface area contributed by atoms with Crippen molar-refractivity contribution in [2.45, 2.75) is 12.6 Å². The Balaban J connectivity index is 2.10. The Morgan fingerprint density at radius 3 is 2.62 bits per heavy atom. The van der Waals surface area contributed by atoms with Crippen molar-refractivity contribution in [1.29, 1.82) is 5.26 Å². The van der Waals surface area contributed by atoms with Gasteiger partial charge in [-0.15, -0.1) is 0 Å². The van der Waals surface area contributed by atoms with E-state index in [1.807, 2.05) is 0 Å². The zero-order valence-corrected chi connectivity index (χ0v) is 10.8. The minimum absolute atomic E-state index is 0.0379. The summed E-state index contributed by atoms with van der Waals surface area (Å²) in [4.78, 5) is 7.42. The van der Waals surface area contributed by atoms with E-state index in [9.17, 15) is 13.2 Å². The first kappa shape index (κ1) is 14.8. The van der Waals surface area contributed by atoms with Crippen LogP contribution < -0.4 is 4.74 Å². The molecule has 0 fully saturated rings. The number of hydrogen-bond donors (Lipinski definition) is 0. The Hall–Kier alpha value is -2.62. The number of nitrogens with zero attached hydrogens (tertiary/aromatic N) is 3. The van der Waals surface area contributed by atoms with Crippen LogP contribution in [0.25, 0.3) is 0 Å². The van der Waals surface area contributed by atoms with Crippen LogP contribution in [0, 0.1) is 11.3 Å². The molecule has 0 spiro atoms. The first-order chi connectivity index (χ1) is 10.0. The fraction of sp³-hybridized carbons (Fsp3) is 0.214. The third-order valence-electron chi connectivity index (χ3n) is 2.59. The molecule has 0 saturated heterocycles. The first-order valence-corrected chi connectivity index (χ1v) is 6.02. The second kappa shape index (κ2) is 6.22. The number of halogens is 3. The van der Waals surface area contributed by atoms with Crippen LogP contribution in [0.5, 0.6) is 5.88 Å². The van der Waals surface area contributed by atoms with E-state index < -0.39 is 11.9 Å². The molecule has 2 rings (SSSR count). The molecule has 108 valence electrons. The van der Waals surface area contributed by atoms with Crippen molar-refractivity contribution in [2.24, 2.45) is 0 Å². The molecule has 0 amide bonds. The number of aromatic nitrogens is 2. The molecule has 4 nitrogen and oxygen atoms in total. The zero-order valence-electron chi connectivity index (χ0n) is 10.8. The van der Waals surface area contributed by atoms with Crippen molar-refractivity contribution >= 4 is 0 Å². The van der Waals surface area contributed by atoms with E-state index in [4.69, 9.17) is 10.00 Å². The van der Waals surface area contributed by atoms with E-state index >= 15 is 0 Å². The Morgan fingerprint density at radius 1 is 1.19 bits per heavy atom. The summed E-state index contributed by atoms with van der Waals surface area (Å²) in [5.74, 6) is -0.316. The van der Waals surface area contributed by atoms with Crippen LogP contribution in [0.1, 0.15) is 17.0 Å². The van der Waals surface area contributed by atoms with Crippen LogP contribution in [-0.2, 0) is 12.6 Å². The molecule has 2 heterocycles. The Labute approximate surface area is 118 Å². The van der Waals surface area contributed by atoms with E-state index in [1.165, 1.54) is 0 Å². The van der Waals surface area contributed by atoms with Gasteiger partial charge >= 0.3 is 6.18 Å². The smallest absolute Gasteiger partial charge is 0.433 e. The fourth-order valence-corrected chi connectivity index (χ4v) is 1.59. The van der Waals surface area contributed by atoms with Gasteiger partial charge in [0.25, 0.3) is 0 Å². The molecule has 0 atom stereocenters. The molecule has 0 unspecified atom stereocenters. The number of nitriles is 1. The van der Waals surface area contributed by atoms with Crippen LogP contribution >= 0.6 is 0 Å². The molecule has 0 aliphatic heterocycles. The second-order valence-corrected chi connectivity index (χ2v) is 4.08. The fourth-order valence-electron chi connectivity index (χ4n) is 1.59. The molecule has 0 N–H and O–H groups in total. The van der Waals surface area contributed by atoms with Gasteiger partial charge in [0.1, 0.15) is 17.3 Å². The van der Waals surface area contributed by atoms with Gasteiger partial charge in [-0.25, -0.2) is 4.98 Å². The maximum absolute atomic E-state index is 12.6. The number of pyridine rings is 2. The SMILES string of the molecule is N#Cc1ccc(C(F)(F)F)nc1OCCc1ccccn1. The topological polar surface area (TPSA) is 58.8 Å². The van der Waals surface area contributed by atoms with E-state index in [0.29, 0.717) is 6.42 Å². The van der Waals surface area contributed by atoms with Crippen molar-refractivity contribution in [1.82, 2.24) is 9.97 Å². The summed E-state index contributed by atoms with van der Waals surface area (Å²) in [6, 6.07) is 8.88. The Morgan fingerprint density at radius 2 is 2.00 bits per heavy atom. The van der Waals surface area contributed by atoms with Crippen molar-refractivity contribution in [3.05, 3.63) is 53.5 Å². The lowest BCUT2D eigenvalue weighted by atomic mass is 10.2. The molecule has 2 aromatic heterocycles. The molecule has 7 heteroatoms. The highest BCUT2D eigenvalue weighted by Gasteiger charge is 2.33. The monoisotopic (exact) mass is 293 g/mol. The number of hydrogen-bond acceptors (Lipinski definition) is 4. The molecule has 0 saturated carbocycles. The highest BCUT2D eigenvalue weighted by atomic mass is 19.4. The molecular weight excluding hydrogens is 283 g/mol.